The first-order valence-electron chi connectivity index (χ1n) is 10.6. The zero-order valence-corrected chi connectivity index (χ0v) is 15.7. The molecule has 140 valence electrons. The number of carbonyl (C=O) groups is 1. The highest BCUT2D eigenvalue weighted by Crippen LogP contribution is 2.46. The van der Waals surface area contributed by atoms with Crippen molar-refractivity contribution in [1.82, 2.24) is 14.7 Å². The Labute approximate surface area is 157 Å². The summed E-state index contributed by atoms with van der Waals surface area (Å²) in [5.74, 6) is 1.58. The number of rotatable bonds is 3. The molecule has 1 aromatic rings. The summed E-state index contributed by atoms with van der Waals surface area (Å²) in [5.41, 5.74) is 1.42. The first-order chi connectivity index (χ1) is 12.8. The molecule has 5 saturated heterocycles. The lowest BCUT2D eigenvalue weighted by Crippen LogP contribution is -2.61. The average Bonchev–Trinajstić information content (AvgIpc) is 3.13. The van der Waals surface area contributed by atoms with E-state index < -0.39 is 0 Å². The minimum Gasteiger partial charge on any atom is -0.336 e. The Bertz CT molecular complexity index is 634. The van der Waals surface area contributed by atoms with Gasteiger partial charge in [-0.2, -0.15) is 0 Å². The molecule has 4 nitrogen and oxygen atoms in total. The van der Waals surface area contributed by atoms with Crippen molar-refractivity contribution in [3.05, 3.63) is 35.9 Å². The van der Waals surface area contributed by atoms with Crippen molar-refractivity contribution in [2.75, 3.05) is 39.3 Å². The second-order valence-electron chi connectivity index (χ2n) is 8.75. The van der Waals surface area contributed by atoms with Crippen LogP contribution in [0, 0.1) is 5.92 Å². The summed E-state index contributed by atoms with van der Waals surface area (Å²) in [6.45, 7) is 6.21. The Morgan fingerprint density at radius 1 is 0.923 bits per heavy atom. The minimum absolute atomic E-state index is 0.383. The quantitative estimate of drug-likeness (QED) is 0.836. The lowest BCUT2D eigenvalue weighted by molar-refractivity contribution is -0.137. The monoisotopic (exact) mass is 353 g/mol. The predicted octanol–water partition coefficient (Wildman–Crippen LogP) is 2.56. The summed E-state index contributed by atoms with van der Waals surface area (Å²) in [7, 11) is 0. The summed E-state index contributed by atoms with van der Waals surface area (Å²) >= 11 is 0. The second kappa shape index (κ2) is 6.97. The van der Waals surface area contributed by atoms with Crippen LogP contribution in [0.2, 0.25) is 0 Å². The third-order valence-corrected chi connectivity index (χ3v) is 7.35. The van der Waals surface area contributed by atoms with Crippen molar-refractivity contribution >= 4 is 5.91 Å². The molecule has 6 rings (SSSR count). The van der Waals surface area contributed by atoms with Gasteiger partial charge in [0.05, 0.1) is 12.6 Å². The van der Waals surface area contributed by atoms with Crippen LogP contribution in [0.1, 0.15) is 43.6 Å². The van der Waals surface area contributed by atoms with Crippen LogP contribution in [0.25, 0.3) is 0 Å². The zero-order valence-electron chi connectivity index (χ0n) is 15.7. The van der Waals surface area contributed by atoms with Gasteiger partial charge >= 0.3 is 0 Å². The van der Waals surface area contributed by atoms with Crippen LogP contribution in [0.5, 0.6) is 0 Å². The van der Waals surface area contributed by atoms with E-state index in [1.165, 1.54) is 50.8 Å². The van der Waals surface area contributed by atoms with E-state index in [-0.39, 0.29) is 0 Å². The van der Waals surface area contributed by atoms with Crippen LogP contribution in [-0.4, -0.2) is 72.0 Å². The molecule has 0 aromatic heterocycles. The van der Waals surface area contributed by atoms with Gasteiger partial charge in [-0.05, 0) is 63.3 Å². The Morgan fingerprint density at radius 3 is 2.38 bits per heavy atom. The Balaban J connectivity index is 1.39. The maximum Gasteiger partial charge on any atom is 0.237 e. The number of hydrogen-bond donors (Lipinski definition) is 0. The molecule has 0 aliphatic carbocycles. The van der Waals surface area contributed by atoms with E-state index in [1.54, 1.807) is 0 Å². The van der Waals surface area contributed by atoms with E-state index in [4.69, 9.17) is 0 Å². The molecule has 5 fully saturated rings. The molecule has 5 aliphatic heterocycles. The van der Waals surface area contributed by atoms with E-state index in [1.807, 2.05) is 0 Å². The standard InChI is InChI=1S/C22H31N3O/c26-20(16-23-11-5-2-6-12-23)25-15-19(17-7-3-1-4-8-17)22-21(25)18-9-13-24(22)14-10-18/h1,3-4,7-8,18-19,21-22H,2,5-6,9-16H2/t19-,21+,22+/m0/s1. The predicted molar refractivity (Wildman–Crippen MR) is 103 cm³/mol. The fourth-order valence-electron chi connectivity index (χ4n) is 6.10. The summed E-state index contributed by atoms with van der Waals surface area (Å²) in [4.78, 5) is 20.7. The van der Waals surface area contributed by atoms with Gasteiger partial charge in [0.25, 0.3) is 0 Å². The van der Waals surface area contributed by atoms with Gasteiger partial charge in [-0.25, -0.2) is 0 Å². The molecule has 1 aromatic carbocycles. The summed E-state index contributed by atoms with van der Waals surface area (Å²) < 4.78 is 0. The molecule has 3 atom stereocenters. The summed E-state index contributed by atoms with van der Waals surface area (Å²) in [6, 6.07) is 11.9. The van der Waals surface area contributed by atoms with E-state index in [9.17, 15) is 4.79 Å². The van der Waals surface area contributed by atoms with Gasteiger partial charge < -0.3 is 4.90 Å². The molecule has 0 saturated carbocycles. The molecular weight excluding hydrogens is 322 g/mol. The normalized spacial score (nSPS) is 36.9. The first-order valence-corrected chi connectivity index (χ1v) is 10.6. The van der Waals surface area contributed by atoms with E-state index in [0.717, 1.165) is 19.6 Å². The van der Waals surface area contributed by atoms with Gasteiger partial charge in [0.15, 0.2) is 0 Å². The van der Waals surface area contributed by atoms with Gasteiger partial charge in [0.2, 0.25) is 5.91 Å². The molecular formula is C22H31N3O. The van der Waals surface area contributed by atoms with Crippen molar-refractivity contribution in [2.45, 2.75) is 50.1 Å². The van der Waals surface area contributed by atoms with E-state index >= 15 is 0 Å². The summed E-state index contributed by atoms with van der Waals surface area (Å²) in [5, 5.41) is 0. The number of carbonyl (C=O) groups excluding carboxylic acids is 1. The number of piperidine rings is 4. The Morgan fingerprint density at radius 2 is 1.65 bits per heavy atom. The van der Waals surface area contributed by atoms with Gasteiger partial charge in [-0.3, -0.25) is 14.6 Å². The van der Waals surface area contributed by atoms with E-state index in [0.29, 0.717) is 36.4 Å². The molecule has 2 bridgehead atoms. The number of hydrogen-bond acceptors (Lipinski definition) is 3. The molecule has 5 aliphatic rings. The van der Waals surface area contributed by atoms with Crippen LogP contribution < -0.4 is 0 Å². The topological polar surface area (TPSA) is 26.8 Å². The number of nitrogens with zero attached hydrogens (tertiary/aromatic N) is 3. The van der Waals surface area contributed by atoms with Gasteiger partial charge in [-0.15, -0.1) is 0 Å². The molecule has 0 radical (unpaired) electrons. The highest BCUT2D eigenvalue weighted by atomic mass is 16.2. The molecule has 0 unspecified atom stereocenters. The van der Waals surface area contributed by atoms with Crippen molar-refractivity contribution in [3.8, 4) is 0 Å². The molecule has 0 N–H and O–H groups in total. The number of likely N-dealkylation sites (tertiary alicyclic amines) is 2. The molecule has 1 amide bonds. The maximum absolute atomic E-state index is 13.3. The fourth-order valence-corrected chi connectivity index (χ4v) is 6.10. The lowest BCUT2D eigenvalue weighted by Gasteiger charge is -2.51. The fraction of sp³-hybridized carbons (Fsp3) is 0.682. The van der Waals surface area contributed by atoms with Crippen LogP contribution in [0.3, 0.4) is 0 Å². The van der Waals surface area contributed by atoms with Crippen LogP contribution in [-0.2, 0) is 4.79 Å². The van der Waals surface area contributed by atoms with Crippen molar-refractivity contribution in [3.63, 3.8) is 0 Å². The summed E-state index contributed by atoms with van der Waals surface area (Å²) in [6.07, 6.45) is 6.38. The van der Waals surface area contributed by atoms with Crippen LogP contribution in [0.4, 0.5) is 0 Å². The number of benzene rings is 1. The maximum atomic E-state index is 13.3. The van der Waals surface area contributed by atoms with Gasteiger partial charge in [-0.1, -0.05) is 36.8 Å². The Kier molecular flexibility index (Phi) is 4.49. The third kappa shape index (κ3) is 2.87. The van der Waals surface area contributed by atoms with E-state index in [2.05, 4.69) is 45.0 Å². The molecule has 0 spiro atoms. The molecule has 5 heterocycles. The van der Waals surface area contributed by atoms with Crippen LogP contribution >= 0.6 is 0 Å². The number of amides is 1. The van der Waals surface area contributed by atoms with Crippen molar-refractivity contribution in [2.24, 2.45) is 5.92 Å². The highest BCUT2D eigenvalue weighted by molar-refractivity contribution is 5.79. The largest absolute Gasteiger partial charge is 0.336 e. The average molecular weight is 354 g/mol. The first kappa shape index (κ1) is 16.8. The minimum atomic E-state index is 0.383. The van der Waals surface area contributed by atoms with Gasteiger partial charge in [0.1, 0.15) is 0 Å². The Hall–Kier alpha value is -1.39. The molecule has 26 heavy (non-hydrogen) atoms. The highest BCUT2D eigenvalue weighted by Gasteiger charge is 2.54. The van der Waals surface area contributed by atoms with Gasteiger partial charge in [0, 0.05) is 18.5 Å². The number of fused-ring (bicyclic) bond motifs is 2. The SMILES string of the molecule is O=C(CN1CCCCC1)N1C[C@@H](c2ccccc2)[C@@H]2[C@H]1C1CCN2CC1. The smallest absolute Gasteiger partial charge is 0.237 e. The zero-order chi connectivity index (χ0) is 17.5. The van der Waals surface area contributed by atoms with Crippen molar-refractivity contribution in [1.29, 1.82) is 0 Å². The second-order valence-corrected chi connectivity index (χ2v) is 8.75. The lowest BCUT2D eigenvalue weighted by atomic mass is 9.75. The third-order valence-electron chi connectivity index (χ3n) is 7.35. The van der Waals surface area contributed by atoms with Crippen molar-refractivity contribution < 1.29 is 4.79 Å². The molecule has 4 heteroatoms. The van der Waals surface area contributed by atoms with Crippen LogP contribution in [0.15, 0.2) is 30.3 Å².